The van der Waals surface area contributed by atoms with Gasteiger partial charge in [-0.05, 0) is 31.9 Å². The van der Waals surface area contributed by atoms with E-state index in [4.69, 9.17) is 0 Å². The molecular weight excluding hydrogens is 368 g/mol. The van der Waals surface area contributed by atoms with E-state index in [-0.39, 0.29) is 11.2 Å². The van der Waals surface area contributed by atoms with Crippen LogP contribution in [0.4, 0.5) is 0 Å². The first-order valence-corrected chi connectivity index (χ1v) is 10.4. The number of rotatable bonds is 8. The van der Waals surface area contributed by atoms with Crippen molar-refractivity contribution in [1.29, 1.82) is 0 Å². The molecule has 3 aromatic rings. The minimum absolute atomic E-state index is 0.000775. The Morgan fingerprint density at radius 2 is 1.79 bits per heavy atom. The Balaban J connectivity index is 1.60. The molecule has 5 nitrogen and oxygen atoms in total. The lowest BCUT2D eigenvalue weighted by atomic mass is 10.1. The van der Waals surface area contributed by atoms with E-state index in [1.54, 1.807) is 0 Å². The van der Waals surface area contributed by atoms with E-state index < -0.39 is 0 Å². The van der Waals surface area contributed by atoms with Crippen molar-refractivity contribution in [3.63, 3.8) is 0 Å². The predicted octanol–water partition coefficient (Wildman–Crippen LogP) is 3.99. The lowest BCUT2D eigenvalue weighted by molar-refractivity contribution is -0.120. The smallest absolute Gasteiger partial charge is 0.233 e. The van der Waals surface area contributed by atoms with E-state index in [2.05, 4.69) is 58.2 Å². The maximum absolute atomic E-state index is 12.5. The minimum Gasteiger partial charge on any atom is -0.351 e. The predicted molar refractivity (Wildman–Crippen MR) is 113 cm³/mol. The molecule has 0 bridgehead atoms. The first-order chi connectivity index (χ1) is 13.6. The third-order valence-electron chi connectivity index (χ3n) is 4.55. The minimum atomic E-state index is -0.246. The Morgan fingerprint density at radius 3 is 2.46 bits per heavy atom. The zero-order chi connectivity index (χ0) is 19.9. The van der Waals surface area contributed by atoms with Crippen LogP contribution in [0.3, 0.4) is 0 Å². The Bertz CT molecular complexity index is 906. The first-order valence-electron chi connectivity index (χ1n) is 9.52. The number of aromatic nitrogens is 3. The number of amides is 1. The van der Waals surface area contributed by atoms with Gasteiger partial charge in [-0.2, -0.15) is 0 Å². The molecule has 1 atom stereocenters. The van der Waals surface area contributed by atoms with E-state index in [0.29, 0.717) is 6.54 Å². The molecule has 3 rings (SSSR count). The summed E-state index contributed by atoms with van der Waals surface area (Å²) in [5.74, 6) is 0.921. The Morgan fingerprint density at radius 1 is 1.07 bits per heavy atom. The number of carbonyl (C=O) groups is 1. The van der Waals surface area contributed by atoms with Crippen molar-refractivity contribution in [2.24, 2.45) is 0 Å². The van der Waals surface area contributed by atoms with Gasteiger partial charge >= 0.3 is 0 Å². The highest BCUT2D eigenvalue weighted by atomic mass is 32.2. The van der Waals surface area contributed by atoms with Gasteiger partial charge in [0.2, 0.25) is 5.91 Å². The van der Waals surface area contributed by atoms with Crippen LogP contribution in [-0.2, 0) is 24.3 Å². The molecule has 1 heterocycles. The molecule has 146 valence electrons. The molecule has 1 N–H and O–H groups in total. The second kappa shape index (κ2) is 9.55. The van der Waals surface area contributed by atoms with Crippen molar-refractivity contribution in [2.45, 2.75) is 50.7 Å². The maximum atomic E-state index is 12.5. The summed E-state index contributed by atoms with van der Waals surface area (Å²) in [5, 5.41) is 12.2. The van der Waals surface area contributed by atoms with Crippen LogP contribution in [0.25, 0.3) is 0 Å². The van der Waals surface area contributed by atoms with Gasteiger partial charge in [0, 0.05) is 19.5 Å². The van der Waals surface area contributed by atoms with Crippen LogP contribution in [0.5, 0.6) is 0 Å². The lowest BCUT2D eigenvalue weighted by Crippen LogP contribution is -2.30. The van der Waals surface area contributed by atoms with Gasteiger partial charge in [0.25, 0.3) is 0 Å². The van der Waals surface area contributed by atoms with Gasteiger partial charge in [0.05, 0.1) is 5.25 Å². The number of hydrogen-bond acceptors (Lipinski definition) is 4. The maximum Gasteiger partial charge on any atom is 0.233 e. The number of hydrogen-bond donors (Lipinski definition) is 1. The van der Waals surface area contributed by atoms with Crippen LogP contribution in [0.1, 0.15) is 36.4 Å². The average molecular weight is 395 g/mol. The van der Waals surface area contributed by atoms with Crippen LogP contribution in [0, 0.1) is 6.92 Å². The highest BCUT2D eigenvalue weighted by molar-refractivity contribution is 8.00. The second-order valence-corrected chi connectivity index (χ2v) is 8.08. The summed E-state index contributed by atoms with van der Waals surface area (Å²) in [6, 6.07) is 18.4. The standard InChI is InChI=1S/C22H26N4OS/c1-4-26-20(14-18-8-6-5-7-9-18)24-25-22(26)28-17(3)21(27)23-15-19-12-10-16(2)11-13-19/h5-13,17H,4,14-15H2,1-3H3,(H,23,27)/t17-/m0/s1. The third-order valence-corrected chi connectivity index (χ3v) is 5.63. The molecule has 1 aromatic heterocycles. The Hall–Kier alpha value is -2.60. The van der Waals surface area contributed by atoms with Gasteiger partial charge in [0.1, 0.15) is 5.82 Å². The number of carbonyl (C=O) groups excluding carboxylic acids is 1. The van der Waals surface area contributed by atoms with E-state index in [9.17, 15) is 4.79 Å². The Labute approximate surface area is 170 Å². The van der Waals surface area contributed by atoms with Gasteiger partial charge in [-0.3, -0.25) is 4.79 Å². The van der Waals surface area contributed by atoms with Crippen molar-refractivity contribution < 1.29 is 4.79 Å². The van der Waals surface area contributed by atoms with E-state index in [1.165, 1.54) is 22.9 Å². The Kier molecular flexibility index (Phi) is 6.87. The number of benzene rings is 2. The normalized spacial score (nSPS) is 12.0. The van der Waals surface area contributed by atoms with Crippen molar-refractivity contribution in [1.82, 2.24) is 20.1 Å². The third kappa shape index (κ3) is 5.23. The SMILES string of the molecule is CCn1c(Cc2ccccc2)nnc1S[C@@H](C)C(=O)NCc1ccc(C)cc1. The van der Waals surface area contributed by atoms with Crippen molar-refractivity contribution in [2.75, 3.05) is 0 Å². The molecule has 0 aliphatic rings. The molecule has 0 aliphatic heterocycles. The van der Waals surface area contributed by atoms with E-state index in [1.807, 2.05) is 37.3 Å². The monoisotopic (exact) mass is 394 g/mol. The molecular formula is C22H26N4OS. The molecule has 0 fully saturated rings. The molecule has 0 aliphatic carbocycles. The summed E-state index contributed by atoms with van der Waals surface area (Å²) >= 11 is 1.45. The largest absolute Gasteiger partial charge is 0.351 e. The van der Waals surface area contributed by atoms with E-state index in [0.717, 1.165) is 29.5 Å². The van der Waals surface area contributed by atoms with Crippen LogP contribution >= 0.6 is 11.8 Å². The summed E-state index contributed by atoms with van der Waals surface area (Å²) in [6.07, 6.45) is 0.732. The molecule has 0 radical (unpaired) electrons. The van der Waals surface area contributed by atoms with Gasteiger partial charge in [-0.1, -0.05) is 71.9 Å². The summed E-state index contributed by atoms with van der Waals surface area (Å²) in [6.45, 7) is 7.33. The van der Waals surface area contributed by atoms with Crippen molar-refractivity contribution in [3.05, 3.63) is 77.1 Å². The zero-order valence-corrected chi connectivity index (χ0v) is 17.4. The fourth-order valence-corrected chi connectivity index (χ4v) is 3.84. The molecule has 0 saturated heterocycles. The number of thioether (sulfide) groups is 1. The topological polar surface area (TPSA) is 59.8 Å². The van der Waals surface area contributed by atoms with Crippen LogP contribution in [0.15, 0.2) is 59.8 Å². The summed E-state index contributed by atoms with van der Waals surface area (Å²) < 4.78 is 2.08. The highest BCUT2D eigenvalue weighted by Crippen LogP contribution is 2.23. The van der Waals surface area contributed by atoms with E-state index >= 15 is 0 Å². The second-order valence-electron chi connectivity index (χ2n) is 6.77. The average Bonchev–Trinajstić information content (AvgIpc) is 3.09. The summed E-state index contributed by atoms with van der Waals surface area (Å²) in [4.78, 5) is 12.5. The van der Waals surface area contributed by atoms with Gasteiger partial charge in [-0.15, -0.1) is 10.2 Å². The molecule has 0 saturated carbocycles. The van der Waals surface area contributed by atoms with Crippen molar-refractivity contribution >= 4 is 17.7 Å². The van der Waals surface area contributed by atoms with Crippen LogP contribution in [-0.4, -0.2) is 25.9 Å². The number of aryl methyl sites for hydroxylation is 1. The molecule has 6 heteroatoms. The molecule has 0 spiro atoms. The quantitative estimate of drug-likeness (QED) is 0.587. The number of nitrogens with zero attached hydrogens (tertiary/aromatic N) is 3. The lowest BCUT2D eigenvalue weighted by Gasteiger charge is -2.13. The first kappa shape index (κ1) is 20.1. The van der Waals surface area contributed by atoms with Gasteiger partial charge < -0.3 is 9.88 Å². The molecule has 0 unspecified atom stereocenters. The summed E-state index contributed by atoms with van der Waals surface area (Å²) in [7, 11) is 0. The fraction of sp³-hybridized carbons (Fsp3) is 0.318. The summed E-state index contributed by atoms with van der Waals surface area (Å²) in [5.41, 5.74) is 3.51. The molecule has 1 amide bonds. The highest BCUT2D eigenvalue weighted by Gasteiger charge is 2.19. The number of nitrogens with one attached hydrogen (secondary N) is 1. The van der Waals surface area contributed by atoms with Gasteiger partial charge in [-0.25, -0.2) is 0 Å². The molecule has 28 heavy (non-hydrogen) atoms. The van der Waals surface area contributed by atoms with Crippen molar-refractivity contribution in [3.8, 4) is 0 Å². The van der Waals surface area contributed by atoms with Gasteiger partial charge in [0.15, 0.2) is 5.16 Å². The zero-order valence-electron chi connectivity index (χ0n) is 16.6. The van der Waals surface area contributed by atoms with Crippen LogP contribution in [0.2, 0.25) is 0 Å². The molecule has 2 aromatic carbocycles. The van der Waals surface area contributed by atoms with Crippen LogP contribution < -0.4 is 5.32 Å². The fourth-order valence-electron chi connectivity index (χ4n) is 2.88.